The molecule has 0 amide bonds. The van der Waals surface area contributed by atoms with E-state index >= 15 is 0 Å². The van der Waals surface area contributed by atoms with Crippen LogP contribution >= 0.6 is 27.5 Å². The molecule has 0 saturated carbocycles. The molecule has 2 heteroatoms. The molecule has 1 rings (SSSR count). The third-order valence-electron chi connectivity index (χ3n) is 2.71. The number of alkyl halides is 1. The van der Waals surface area contributed by atoms with Gasteiger partial charge in [0.25, 0.3) is 0 Å². The lowest BCUT2D eigenvalue weighted by Crippen LogP contribution is -2.18. The first-order valence-corrected chi connectivity index (χ1v) is 6.99. The number of hydrogen-bond donors (Lipinski definition) is 0. The van der Waals surface area contributed by atoms with E-state index in [9.17, 15) is 0 Å². The Morgan fingerprint density at radius 3 is 2.50 bits per heavy atom. The van der Waals surface area contributed by atoms with Crippen LogP contribution in [0.5, 0.6) is 0 Å². The van der Waals surface area contributed by atoms with Gasteiger partial charge < -0.3 is 0 Å². The Balaban J connectivity index is 2.79. The smallest absolute Gasteiger partial charge is 0.0440 e. The van der Waals surface area contributed by atoms with Crippen LogP contribution in [-0.2, 0) is 6.42 Å². The lowest BCUT2D eigenvalue weighted by Gasteiger charge is -2.26. The van der Waals surface area contributed by atoms with Crippen molar-refractivity contribution >= 4 is 27.5 Å². The lowest BCUT2D eigenvalue weighted by molar-refractivity contribution is 0.335. The summed E-state index contributed by atoms with van der Waals surface area (Å²) < 4.78 is 0. The van der Waals surface area contributed by atoms with Crippen LogP contribution in [0.25, 0.3) is 0 Å². The molecule has 1 atom stereocenters. The quantitative estimate of drug-likeness (QED) is 0.654. The summed E-state index contributed by atoms with van der Waals surface area (Å²) >= 11 is 9.88. The van der Waals surface area contributed by atoms with Crippen LogP contribution in [0.1, 0.15) is 38.3 Å². The second kappa shape index (κ2) is 5.55. The molecule has 16 heavy (non-hydrogen) atoms. The van der Waals surface area contributed by atoms with E-state index < -0.39 is 0 Å². The van der Waals surface area contributed by atoms with Gasteiger partial charge in [-0.05, 0) is 42.4 Å². The molecule has 0 aromatic heterocycles. The highest BCUT2D eigenvalue weighted by molar-refractivity contribution is 9.09. The van der Waals surface area contributed by atoms with Crippen molar-refractivity contribution in [1.82, 2.24) is 0 Å². The minimum atomic E-state index is 0.280. The Morgan fingerprint density at radius 1 is 1.38 bits per heavy atom. The van der Waals surface area contributed by atoms with Crippen LogP contribution in [0.15, 0.2) is 18.2 Å². The number of halogens is 2. The normalized spacial score (nSPS) is 13.9. The van der Waals surface area contributed by atoms with Crippen LogP contribution in [0, 0.1) is 12.3 Å². The standard InChI is InChI=1S/C14H20BrCl/c1-10-5-6-12(13(16)7-10)9-14(3,4)8-11(2)15/h5-7,11H,8-9H2,1-4H3. The molecule has 0 aliphatic heterocycles. The average Bonchev–Trinajstić information content (AvgIpc) is 2.07. The highest BCUT2D eigenvalue weighted by Crippen LogP contribution is 2.32. The second-order valence-electron chi connectivity index (χ2n) is 5.42. The zero-order valence-electron chi connectivity index (χ0n) is 10.5. The van der Waals surface area contributed by atoms with Gasteiger partial charge in [0.05, 0.1) is 0 Å². The van der Waals surface area contributed by atoms with Crippen LogP contribution in [0.2, 0.25) is 5.02 Å². The third kappa shape index (κ3) is 4.47. The van der Waals surface area contributed by atoms with Gasteiger partial charge in [-0.1, -0.05) is 60.4 Å². The predicted molar refractivity (Wildman–Crippen MR) is 76.7 cm³/mol. The molecule has 0 aliphatic carbocycles. The molecule has 90 valence electrons. The summed E-state index contributed by atoms with van der Waals surface area (Å²) in [7, 11) is 0. The van der Waals surface area contributed by atoms with E-state index in [-0.39, 0.29) is 5.41 Å². The predicted octanol–water partition coefficient (Wildman–Crippen LogP) is 5.39. The van der Waals surface area contributed by atoms with Crippen molar-refractivity contribution < 1.29 is 0 Å². The highest BCUT2D eigenvalue weighted by Gasteiger charge is 2.21. The Morgan fingerprint density at radius 2 is 2.00 bits per heavy atom. The second-order valence-corrected chi connectivity index (χ2v) is 7.39. The summed E-state index contributed by atoms with van der Waals surface area (Å²) in [5, 5.41) is 0.898. The van der Waals surface area contributed by atoms with Crippen molar-refractivity contribution in [3.8, 4) is 0 Å². The average molecular weight is 304 g/mol. The van der Waals surface area contributed by atoms with Gasteiger partial charge >= 0.3 is 0 Å². The molecule has 0 N–H and O–H groups in total. The Kier molecular flexibility index (Phi) is 4.88. The first kappa shape index (κ1) is 14.1. The molecule has 0 bridgehead atoms. The molecule has 0 spiro atoms. The van der Waals surface area contributed by atoms with E-state index in [4.69, 9.17) is 11.6 Å². The minimum absolute atomic E-state index is 0.280. The summed E-state index contributed by atoms with van der Waals surface area (Å²) in [5.41, 5.74) is 2.76. The van der Waals surface area contributed by atoms with Crippen molar-refractivity contribution in [2.75, 3.05) is 0 Å². The summed E-state index contributed by atoms with van der Waals surface area (Å²) in [5.74, 6) is 0. The molecule has 0 heterocycles. The van der Waals surface area contributed by atoms with Crippen molar-refractivity contribution in [3.63, 3.8) is 0 Å². The van der Waals surface area contributed by atoms with E-state index in [0.29, 0.717) is 4.83 Å². The van der Waals surface area contributed by atoms with Gasteiger partial charge in [-0.3, -0.25) is 0 Å². The number of rotatable bonds is 4. The molecule has 1 aromatic carbocycles. The highest BCUT2D eigenvalue weighted by atomic mass is 79.9. The van der Waals surface area contributed by atoms with Crippen molar-refractivity contribution in [1.29, 1.82) is 0 Å². The summed E-state index contributed by atoms with van der Waals surface area (Å²) in [6, 6.07) is 6.33. The number of hydrogen-bond acceptors (Lipinski definition) is 0. The Hall–Kier alpha value is -0.0100. The molecular formula is C14H20BrCl. The summed E-state index contributed by atoms with van der Waals surface area (Å²) in [6.07, 6.45) is 2.18. The van der Waals surface area contributed by atoms with E-state index in [2.05, 4.69) is 55.8 Å². The zero-order chi connectivity index (χ0) is 12.3. The van der Waals surface area contributed by atoms with Gasteiger partial charge in [-0.15, -0.1) is 0 Å². The maximum Gasteiger partial charge on any atom is 0.0440 e. The summed E-state index contributed by atoms with van der Waals surface area (Å²) in [6.45, 7) is 8.85. The molecule has 0 saturated heterocycles. The van der Waals surface area contributed by atoms with E-state index in [0.717, 1.165) is 17.9 Å². The van der Waals surface area contributed by atoms with Crippen LogP contribution in [0.4, 0.5) is 0 Å². The molecule has 1 unspecified atom stereocenters. The van der Waals surface area contributed by atoms with Crippen LogP contribution in [0.3, 0.4) is 0 Å². The SMILES string of the molecule is Cc1ccc(CC(C)(C)CC(C)Br)c(Cl)c1. The van der Waals surface area contributed by atoms with E-state index in [1.54, 1.807) is 0 Å². The van der Waals surface area contributed by atoms with Gasteiger partial charge in [0, 0.05) is 9.85 Å². The molecule has 0 fully saturated rings. The monoisotopic (exact) mass is 302 g/mol. The topological polar surface area (TPSA) is 0 Å². The third-order valence-corrected chi connectivity index (χ3v) is 3.39. The van der Waals surface area contributed by atoms with Crippen LogP contribution in [-0.4, -0.2) is 4.83 Å². The van der Waals surface area contributed by atoms with E-state index in [1.807, 2.05) is 6.07 Å². The van der Waals surface area contributed by atoms with Gasteiger partial charge in [-0.25, -0.2) is 0 Å². The van der Waals surface area contributed by atoms with Gasteiger partial charge in [-0.2, -0.15) is 0 Å². The van der Waals surface area contributed by atoms with Crippen molar-refractivity contribution in [2.24, 2.45) is 5.41 Å². The fraction of sp³-hybridized carbons (Fsp3) is 0.571. The van der Waals surface area contributed by atoms with Crippen molar-refractivity contribution in [2.45, 2.75) is 45.4 Å². The zero-order valence-corrected chi connectivity index (χ0v) is 12.8. The largest absolute Gasteiger partial charge is 0.0893 e. The molecule has 0 nitrogen and oxygen atoms in total. The minimum Gasteiger partial charge on any atom is -0.0893 e. The fourth-order valence-electron chi connectivity index (χ4n) is 2.14. The molecule has 0 radical (unpaired) electrons. The summed E-state index contributed by atoms with van der Waals surface area (Å²) in [4.78, 5) is 0.548. The number of benzene rings is 1. The van der Waals surface area contributed by atoms with Crippen LogP contribution < -0.4 is 0 Å². The molecular weight excluding hydrogens is 284 g/mol. The first-order valence-electron chi connectivity index (χ1n) is 5.69. The molecule has 0 aliphatic rings. The lowest BCUT2D eigenvalue weighted by atomic mass is 9.81. The Bertz CT molecular complexity index is 356. The van der Waals surface area contributed by atoms with Gasteiger partial charge in [0.1, 0.15) is 0 Å². The molecule has 1 aromatic rings. The van der Waals surface area contributed by atoms with E-state index in [1.165, 1.54) is 11.1 Å². The maximum absolute atomic E-state index is 6.26. The fourth-order valence-corrected chi connectivity index (χ4v) is 3.32. The maximum atomic E-state index is 6.26. The van der Waals surface area contributed by atoms with Gasteiger partial charge in [0.2, 0.25) is 0 Å². The van der Waals surface area contributed by atoms with Crippen molar-refractivity contribution in [3.05, 3.63) is 34.3 Å². The Labute approximate surface area is 113 Å². The van der Waals surface area contributed by atoms with Gasteiger partial charge in [0.15, 0.2) is 0 Å². The number of aryl methyl sites for hydroxylation is 1. The first-order chi connectivity index (χ1) is 7.30.